The zero-order valence-corrected chi connectivity index (χ0v) is 14.9. The van der Waals surface area contributed by atoms with Gasteiger partial charge in [-0.05, 0) is 24.6 Å². The summed E-state index contributed by atoms with van der Waals surface area (Å²) in [7, 11) is 0. The Labute approximate surface area is 150 Å². The molecule has 0 spiro atoms. The molecule has 1 aromatic heterocycles. The third-order valence-electron chi connectivity index (χ3n) is 4.26. The van der Waals surface area contributed by atoms with Gasteiger partial charge in [0.1, 0.15) is 0 Å². The van der Waals surface area contributed by atoms with Gasteiger partial charge in [-0.15, -0.1) is 11.3 Å². The quantitative estimate of drug-likeness (QED) is 0.792. The molecule has 0 atom stereocenters. The molecule has 1 aliphatic heterocycles. The molecule has 1 saturated heterocycles. The van der Waals surface area contributed by atoms with E-state index in [-0.39, 0.29) is 17.6 Å². The second-order valence-corrected chi connectivity index (χ2v) is 7.15. The highest BCUT2D eigenvalue weighted by Gasteiger charge is 2.25. The van der Waals surface area contributed by atoms with Crippen molar-refractivity contribution in [3.05, 3.63) is 57.8 Å². The van der Waals surface area contributed by atoms with E-state index < -0.39 is 0 Å². The van der Waals surface area contributed by atoms with Crippen LogP contribution in [0, 0.1) is 0 Å². The first-order valence-corrected chi connectivity index (χ1v) is 9.08. The molecule has 5 nitrogen and oxygen atoms in total. The highest BCUT2D eigenvalue weighted by molar-refractivity contribution is 7.15. The number of amides is 2. The lowest BCUT2D eigenvalue weighted by molar-refractivity contribution is -0.130. The van der Waals surface area contributed by atoms with E-state index in [4.69, 9.17) is 0 Å². The van der Waals surface area contributed by atoms with Crippen LogP contribution in [0.2, 0.25) is 0 Å². The van der Waals surface area contributed by atoms with Gasteiger partial charge in [0.25, 0.3) is 5.91 Å². The van der Waals surface area contributed by atoms with Crippen LogP contribution >= 0.6 is 11.3 Å². The molecule has 0 bridgehead atoms. The third kappa shape index (κ3) is 4.14. The normalized spacial score (nSPS) is 15.2. The van der Waals surface area contributed by atoms with Crippen molar-refractivity contribution in [1.29, 1.82) is 0 Å². The molecule has 130 valence electrons. The largest absolute Gasteiger partial charge is 0.337 e. The molecule has 1 aliphatic rings. The Kier molecular flexibility index (Phi) is 5.28. The summed E-state index contributed by atoms with van der Waals surface area (Å²) in [6.45, 7) is 3.49. The smallest absolute Gasteiger partial charge is 0.264 e. The number of ketones is 1. The van der Waals surface area contributed by atoms with Crippen LogP contribution in [-0.4, -0.2) is 47.0 Å². The van der Waals surface area contributed by atoms with E-state index in [1.54, 1.807) is 21.9 Å². The van der Waals surface area contributed by atoms with Crippen molar-refractivity contribution in [3.8, 4) is 0 Å². The summed E-state index contributed by atoms with van der Waals surface area (Å²) < 4.78 is 0. The first-order chi connectivity index (χ1) is 12.0. The molecular formula is C19H20N2O3S. The van der Waals surface area contributed by atoms with Gasteiger partial charge in [-0.2, -0.15) is 0 Å². The van der Waals surface area contributed by atoms with E-state index in [0.29, 0.717) is 42.4 Å². The van der Waals surface area contributed by atoms with Crippen molar-refractivity contribution in [1.82, 2.24) is 9.80 Å². The Balaban J connectivity index is 1.66. The van der Waals surface area contributed by atoms with Gasteiger partial charge in [-0.25, -0.2) is 0 Å². The maximum absolute atomic E-state index is 12.7. The molecule has 0 N–H and O–H groups in total. The predicted molar refractivity (Wildman–Crippen MR) is 96.7 cm³/mol. The summed E-state index contributed by atoms with van der Waals surface area (Å²) in [5, 5.41) is 0. The van der Waals surface area contributed by atoms with Gasteiger partial charge in [-0.3, -0.25) is 14.4 Å². The second kappa shape index (κ2) is 7.61. The fraction of sp³-hybridized carbons (Fsp3) is 0.316. The van der Waals surface area contributed by atoms with E-state index in [2.05, 4.69) is 0 Å². The first-order valence-electron chi connectivity index (χ1n) is 8.26. The Hall–Kier alpha value is -2.47. The molecule has 2 heterocycles. The zero-order valence-electron chi connectivity index (χ0n) is 14.1. The van der Waals surface area contributed by atoms with Gasteiger partial charge in [-0.1, -0.05) is 30.3 Å². The Morgan fingerprint density at radius 1 is 1.00 bits per heavy atom. The van der Waals surface area contributed by atoms with Crippen molar-refractivity contribution in [2.45, 2.75) is 19.9 Å². The van der Waals surface area contributed by atoms with E-state index in [1.807, 2.05) is 30.3 Å². The fourth-order valence-corrected chi connectivity index (χ4v) is 3.71. The number of hydrogen-bond acceptors (Lipinski definition) is 4. The molecular weight excluding hydrogens is 336 g/mol. The van der Waals surface area contributed by atoms with Gasteiger partial charge in [0.05, 0.1) is 9.75 Å². The lowest BCUT2D eigenvalue weighted by Crippen LogP contribution is -2.35. The van der Waals surface area contributed by atoms with Crippen LogP contribution in [0.25, 0.3) is 0 Å². The standard InChI is InChI=1S/C19H20N2O3S/c1-14(22)16-7-8-17(25-16)19(24)20-10-9-18(23)21(12-11-20)13-15-5-3-2-4-6-15/h2-8H,9-13H2,1H3. The van der Waals surface area contributed by atoms with Crippen LogP contribution in [0.15, 0.2) is 42.5 Å². The summed E-state index contributed by atoms with van der Waals surface area (Å²) in [4.78, 5) is 41.1. The molecule has 6 heteroatoms. The van der Waals surface area contributed by atoms with Crippen LogP contribution in [0.5, 0.6) is 0 Å². The SMILES string of the molecule is CC(=O)c1ccc(C(=O)N2CCC(=O)N(Cc3ccccc3)CC2)s1. The Morgan fingerprint density at radius 2 is 1.72 bits per heavy atom. The molecule has 1 aromatic carbocycles. The first kappa shape index (κ1) is 17.4. The fourth-order valence-electron chi connectivity index (χ4n) is 2.84. The summed E-state index contributed by atoms with van der Waals surface area (Å²) >= 11 is 1.21. The second-order valence-electron chi connectivity index (χ2n) is 6.06. The highest BCUT2D eigenvalue weighted by atomic mass is 32.1. The molecule has 2 aromatic rings. The minimum Gasteiger partial charge on any atom is -0.337 e. The van der Waals surface area contributed by atoms with Crippen molar-refractivity contribution < 1.29 is 14.4 Å². The van der Waals surface area contributed by atoms with Crippen molar-refractivity contribution in [2.24, 2.45) is 0 Å². The van der Waals surface area contributed by atoms with Gasteiger partial charge < -0.3 is 9.80 Å². The third-order valence-corrected chi connectivity index (χ3v) is 5.43. The molecule has 0 unspecified atom stereocenters. The number of carbonyl (C=O) groups excluding carboxylic acids is 3. The van der Waals surface area contributed by atoms with Gasteiger partial charge in [0.15, 0.2) is 5.78 Å². The highest BCUT2D eigenvalue weighted by Crippen LogP contribution is 2.20. The summed E-state index contributed by atoms with van der Waals surface area (Å²) in [5.41, 5.74) is 1.08. The van der Waals surface area contributed by atoms with Crippen LogP contribution in [0.1, 0.15) is 38.3 Å². The Morgan fingerprint density at radius 3 is 2.40 bits per heavy atom. The topological polar surface area (TPSA) is 57.7 Å². The molecule has 0 saturated carbocycles. The van der Waals surface area contributed by atoms with Crippen LogP contribution in [0.4, 0.5) is 0 Å². The van der Waals surface area contributed by atoms with Gasteiger partial charge in [0, 0.05) is 32.6 Å². The molecule has 0 aliphatic carbocycles. The molecule has 3 rings (SSSR count). The van der Waals surface area contributed by atoms with Gasteiger partial charge in [0.2, 0.25) is 5.91 Å². The van der Waals surface area contributed by atoms with E-state index in [9.17, 15) is 14.4 Å². The number of hydrogen-bond donors (Lipinski definition) is 0. The average Bonchev–Trinajstić information content (AvgIpc) is 3.04. The van der Waals surface area contributed by atoms with E-state index in [0.717, 1.165) is 5.56 Å². The van der Waals surface area contributed by atoms with Crippen LogP contribution in [0.3, 0.4) is 0 Å². The average molecular weight is 356 g/mol. The number of rotatable bonds is 4. The lowest BCUT2D eigenvalue weighted by Gasteiger charge is -2.22. The minimum absolute atomic E-state index is 0.0378. The lowest BCUT2D eigenvalue weighted by atomic mass is 10.2. The molecule has 1 fully saturated rings. The number of thiophene rings is 1. The molecule has 2 amide bonds. The van der Waals surface area contributed by atoms with Crippen molar-refractivity contribution in [2.75, 3.05) is 19.6 Å². The van der Waals surface area contributed by atoms with Crippen molar-refractivity contribution in [3.63, 3.8) is 0 Å². The van der Waals surface area contributed by atoms with Crippen LogP contribution in [-0.2, 0) is 11.3 Å². The van der Waals surface area contributed by atoms with E-state index >= 15 is 0 Å². The van der Waals surface area contributed by atoms with Crippen LogP contribution < -0.4 is 0 Å². The van der Waals surface area contributed by atoms with Crippen molar-refractivity contribution >= 4 is 28.9 Å². The maximum atomic E-state index is 12.7. The van der Waals surface area contributed by atoms with Gasteiger partial charge >= 0.3 is 0 Å². The monoisotopic (exact) mass is 356 g/mol. The minimum atomic E-state index is -0.105. The maximum Gasteiger partial charge on any atom is 0.264 e. The Bertz CT molecular complexity index is 785. The summed E-state index contributed by atoms with van der Waals surface area (Å²) in [6.07, 6.45) is 0.323. The number of Topliss-reactive ketones (excluding diaryl/α,β-unsaturated/α-hetero) is 1. The number of nitrogens with zero attached hydrogens (tertiary/aromatic N) is 2. The predicted octanol–water partition coefficient (Wildman–Crippen LogP) is 2.83. The summed E-state index contributed by atoms with van der Waals surface area (Å²) in [6, 6.07) is 13.2. The van der Waals surface area contributed by atoms with E-state index in [1.165, 1.54) is 18.3 Å². The number of carbonyl (C=O) groups is 3. The number of benzene rings is 1. The summed E-state index contributed by atoms with van der Waals surface area (Å²) in [5.74, 6) is -0.0780. The zero-order chi connectivity index (χ0) is 17.8. The molecule has 25 heavy (non-hydrogen) atoms. The molecule has 0 radical (unpaired) electrons.